The van der Waals surface area contributed by atoms with Crippen molar-refractivity contribution in [1.82, 2.24) is 5.32 Å². The van der Waals surface area contributed by atoms with Crippen molar-refractivity contribution in [3.63, 3.8) is 0 Å². The highest BCUT2D eigenvalue weighted by Crippen LogP contribution is 2.55. The van der Waals surface area contributed by atoms with Crippen molar-refractivity contribution in [2.75, 3.05) is 4.90 Å². The van der Waals surface area contributed by atoms with Crippen LogP contribution in [-0.4, -0.2) is 16.7 Å². The third-order valence-electron chi connectivity index (χ3n) is 4.74. The molecule has 0 spiro atoms. The molecule has 0 aromatic heterocycles. The van der Waals surface area contributed by atoms with E-state index in [9.17, 15) is 22.8 Å². The van der Waals surface area contributed by atoms with Crippen molar-refractivity contribution in [1.29, 1.82) is 0 Å². The maximum absolute atomic E-state index is 13.0. The van der Waals surface area contributed by atoms with Crippen molar-refractivity contribution in [3.05, 3.63) is 59.7 Å². The number of halogens is 3. The van der Waals surface area contributed by atoms with E-state index in [0.717, 1.165) is 17.0 Å². The molecule has 1 atom stereocenters. The SMILES string of the molecule is O=C1CCC2(C(=O)NCc3cccc(C(F)(F)F)c3)Sc3ccccc3N12. The third-order valence-corrected chi connectivity index (χ3v) is 6.21. The van der Waals surface area contributed by atoms with Gasteiger partial charge in [-0.05, 0) is 36.2 Å². The van der Waals surface area contributed by atoms with E-state index >= 15 is 0 Å². The summed E-state index contributed by atoms with van der Waals surface area (Å²) in [5, 5.41) is 2.72. The lowest BCUT2D eigenvalue weighted by Gasteiger charge is -2.29. The lowest BCUT2D eigenvalue weighted by molar-refractivity contribution is -0.137. The molecule has 0 radical (unpaired) electrons. The number of hydrogen-bond donors (Lipinski definition) is 1. The molecule has 0 aliphatic carbocycles. The van der Waals surface area contributed by atoms with Crippen LogP contribution in [0, 0.1) is 0 Å². The zero-order valence-electron chi connectivity index (χ0n) is 14.0. The maximum Gasteiger partial charge on any atom is 0.416 e. The Bertz CT molecular complexity index is 931. The molecule has 0 bridgehead atoms. The Balaban J connectivity index is 1.55. The molecule has 8 heteroatoms. The van der Waals surface area contributed by atoms with Gasteiger partial charge in [0.1, 0.15) is 0 Å². The van der Waals surface area contributed by atoms with Gasteiger partial charge in [-0.2, -0.15) is 13.2 Å². The molecule has 0 saturated carbocycles. The Labute approximate surface area is 157 Å². The second-order valence-electron chi connectivity index (χ2n) is 6.46. The predicted molar refractivity (Wildman–Crippen MR) is 95.0 cm³/mol. The first-order valence-corrected chi connectivity index (χ1v) is 9.18. The molecule has 2 heterocycles. The smallest absolute Gasteiger partial charge is 0.349 e. The number of alkyl halides is 3. The molecule has 2 aromatic carbocycles. The van der Waals surface area contributed by atoms with E-state index in [0.29, 0.717) is 17.7 Å². The number of anilines is 1. The number of para-hydroxylation sites is 1. The van der Waals surface area contributed by atoms with Crippen LogP contribution in [0.15, 0.2) is 53.4 Å². The number of thioether (sulfide) groups is 1. The lowest BCUT2D eigenvalue weighted by atomic mass is 10.1. The molecule has 1 fully saturated rings. The molecule has 1 N–H and O–H groups in total. The van der Waals surface area contributed by atoms with Crippen LogP contribution >= 0.6 is 11.8 Å². The van der Waals surface area contributed by atoms with Crippen molar-refractivity contribution >= 4 is 29.3 Å². The van der Waals surface area contributed by atoms with E-state index in [-0.39, 0.29) is 24.8 Å². The molecule has 2 aliphatic heterocycles. The summed E-state index contributed by atoms with van der Waals surface area (Å²) in [7, 11) is 0. The monoisotopic (exact) mass is 392 g/mol. The Morgan fingerprint density at radius 3 is 2.74 bits per heavy atom. The minimum Gasteiger partial charge on any atom is -0.349 e. The number of benzene rings is 2. The molecule has 2 aliphatic rings. The summed E-state index contributed by atoms with van der Waals surface area (Å²) in [6.45, 7) is -0.0383. The minimum atomic E-state index is -4.43. The topological polar surface area (TPSA) is 49.4 Å². The molecular formula is C19H15F3N2O2S. The van der Waals surface area contributed by atoms with Crippen molar-refractivity contribution in [2.24, 2.45) is 0 Å². The Morgan fingerprint density at radius 1 is 1.19 bits per heavy atom. The van der Waals surface area contributed by atoms with E-state index in [1.165, 1.54) is 28.8 Å². The van der Waals surface area contributed by atoms with Gasteiger partial charge < -0.3 is 5.32 Å². The summed E-state index contributed by atoms with van der Waals surface area (Å²) in [5.74, 6) is -0.492. The Hall–Kier alpha value is -2.48. The quantitative estimate of drug-likeness (QED) is 0.861. The second-order valence-corrected chi connectivity index (χ2v) is 7.78. The van der Waals surface area contributed by atoms with Gasteiger partial charge in [-0.15, -0.1) is 0 Å². The first-order valence-electron chi connectivity index (χ1n) is 8.37. The number of hydrogen-bond acceptors (Lipinski definition) is 3. The number of carbonyl (C=O) groups is 2. The van der Waals surface area contributed by atoms with Crippen LogP contribution in [0.2, 0.25) is 0 Å². The highest BCUT2D eigenvalue weighted by molar-refractivity contribution is 8.02. The fourth-order valence-electron chi connectivity index (χ4n) is 3.48. The van der Waals surface area contributed by atoms with Gasteiger partial charge in [0.2, 0.25) is 5.91 Å². The Kier molecular flexibility index (Phi) is 4.18. The van der Waals surface area contributed by atoms with Gasteiger partial charge in [-0.25, -0.2) is 0 Å². The molecule has 2 amide bonds. The normalized spacial score (nSPS) is 21.1. The molecule has 4 rings (SSSR count). The highest BCUT2D eigenvalue weighted by atomic mass is 32.2. The van der Waals surface area contributed by atoms with Crippen molar-refractivity contribution in [3.8, 4) is 0 Å². The van der Waals surface area contributed by atoms with Crippen LogP contribution in [0.1, 0.15) is 24.0 Å². The van der Waals surface area contributed by atoms with E-state index in [2.05, 4.69) is 5.32 Å². The zero-order valence-corrected chi connectivity index (χ0v) is 14.9. The summed E-state index contributed by atoms with van der Waals surface area (Å²) >= 11 is 1.32. The summed E-state index contributed by atoms with van der Waals surface area (Å²) in [5.41, 5.74) is 0.304. The fourth-order valence-corrected chi connectivity index (χ4v) is 4.91. The number of rotatable bonds is 3. The average Bonchev–Trinajstić information content (AvgIpc) is 3.15. The molecule has 27 heavy (non-hydrogen) atoms. The van der Waals surface area contributed by atoms with Gasteiger partial charge in [0.15, 0.2) is 4.87 Å². The second kappa shape index (κ2) is 6.30. The van der Waals surface area contributed by atoms with E-state index in [4.69, 9.17) is 0 Å². The van der Waals surface area contributed by atoms with Crippen LogP contribution in [0.25, 0.3) is 0 Å². The fraction of sp³-hybridized carbons (Fsp3) is 0.263. The van der Waals surface area contributed by atoms with Gasteiger partial charge in [0.25, 0.3) is 5.91 Å². The van der Waals surface area contributed by atoms with Crippen molar-refractivity contribution in [2.45, 2.75) is 35.3 Å². The first-order chi connectivity index (χ1) is 12.8. The number of nitrogens with one attached hydrogen (secondary N) is 1. The molecular weight excluding hydrogens is 377 g/mol. The largest absolute Gasteiger partial charge is 0.416 e. The molecule has 1 saturated heterocycles. The molecule has 4 nitrogen and oxygen atoms in total. The van der Waals surface area contributed by atoms with Gasteiger partial charge in [-0.3, -0.25) is 14.5 Å². The summed E-state index contributed by atoms with van der Waals surface area (Å²) < 4.78 is 38.5. The van der Waals surface area contributed by atoms with Gasteiger partial charge >= 0.3 is 6.18 Å². The van der Waals surface area contributed by atoms with Crippen LogP contribution in [0.4, 0.5) is 18.9 Å². The van der Waals surface area contributed by atoms with Gasteiger partial charge in [-0.1, -0.05) is 36.0 Å². The predicted octanol–water partition coefficient (Wildman–Crippen LogP) is 3.95. The zero-order chi connectivity index (χ0) is 19.2. The van der Waals surface area contributed by atoms with E-state index in [1.807, 2.05) is 18.2 Å². The number of amides is 2. The minimum absolute atomic E-state index is 0.0383. The molecule has 140 valence electrons. The van der Waals surface area contributed by atoms with E-state index < -0.39 is 16.6 Å². The van der Waals surface area contributed by atoms with Crippen LogP contribution in [0.3, 0.4) is 0 Å². The average molecular weight is 392 g/mol. The van der Waals surface area contributed by atoms with Gasteiger partial charge in [0, 0.05) is 17.9 Å². The summed E-state index contributed by atoms with van der Waals surface area (Å²) in [4.78, 5) is 26.6. The molecule has 2 aromatic rings. The lowest BCUT2D eigenvalue weighted by Crippen LogP contribution is -2.52. The molecule has 1 unspecified atom stereocenters. The standard InChI is InChI=1S/C19H15F3N2O2S/c20-19(21,22)13-5-3-4-12(10-13)11-23-17(26)18-9-8-16(25)24(18)14-6-1-2-7-15(14)27-18/h1-7,10H,8-9,11H2,(H,23,26). The highest BCUT2D eigenvalue weighted by Gasteiger charge is 2.57. The number of nitrogens with zero attached hydrogens (tertiary/aromatic N) is 1. The van der Waals surface area contributed by atoms with Gasteiger partial charge in [0.05, 0.1) is 11.3 Å². The number of fused-ring (bicyclic) bond motifs is 3. The first kappa shape index (κ1) is 17.9. The Morgan fingerprint density at radius 2 is 1.96 bits per heavy atom. The van der Waals surface area contributed by atoms with Crippen LogP contribution in [0.5, 0.6) is 0 Å². The summed E-state index contributed by atoms with van der Waals surface area (Å²) in [6, 6.07) is 12.2. The van der Waals surface area contributed by atoms with Crippen LogP contribution in [-0.2, 0) is 22.3 Å². The maximum atomic E-state index is 13.0. The number of carbonyl (C=O) groups excluding carboxylic acids is 2. The third kappa shape index (κ3) is 2.97. The van der Waals surface area contributed by atoms with E-state index in [1.54, 1.807) is 6.07 Å². The van der Waals surface area contributed by atoms with Crippen LogP contribution < -0.4 is 10.2 Å². The summed E-state index contributed by atoms with van der Waals surface area (Å²) in [6.07, 6.45) is -3.81. The van der Waals surface area contributed by atoms with Crippen molar-refractivity contribution < 1.29 is 22.8 Å².